The van der Waals surface area contributed by atoms with Crippen LogP contribution in [-0.2, 0) is 0 Å². The number of nitrogens with one attached hydrogen (secondary N) is 1. The summed E-state index contributed by atoms with van der Waals surface area (Å²) in [5, 5.41) is 21.5. The molecule has 2 rings (SSSR count). The van der Waals surface area contributed by atoms with E-state index < -0.39 is 6.29 Å². The van der Waals surface area contributed by atoms with Crippen molar-refractivity contribution in [3.05, 3.63) is 34.9 Å². The topological polar surface area (TPSA) is 52.5 Å². The first kappa shape index (κ1) is 9.65. The van der Waals surface area contributed by atoms with Gasteiger partial charge in [-0.3, -0.25) is 0 Å². The van der Waals surface area contributed by atoms with Gasteiger partial charge in [-0.05, 0) is 31.0 Å². The van der Waals surface area contributed by atoms with Crippen LogP contribution in [0.15, 0.2) is 18.2 Å². The van der Waals surface area contributed by atoms with E-state index in [0.29, 0.717) is 17.6 Å². The van der Waals surface area contributed by atoms with Crippen molar-refractivity contribution < 1.29 is 10.2 Å². The van der Waals surface area contributed by atoms with Crippen molar-refractivity contribution in [2.45, 2.75) is 32.2 Å². The van der Waals surface area contributed by atoms with Crippen molar-refractivity contribution >= 4 is 0 Å². The molecule has 14 heavy (non-hydrogen) atoms. The lowest BCUT2D eigenvalue weighted by molar-refractivity contribution is -0.0425. The summed E-state index contributed by atoms with van der Waals surface area (Å²) in [7, 11) is 0. The van der Waals surface area contributed by atoms with Crippen molar-refractivity contribution in [3.63, 3.8) is 0 Å². The van der Waals surface area contributed by atoms with Gasteiger partial charge in [0, 0.05) is 17.6 Å². The van der Waals surface area contributed by atoms with Gasteiger partial charge in [-0.15, -0.1) is 0 Å². The van der Waals surface area contributed by atoms with Gasteiger partial charge in [0.2, 0.25) is 0 Å². The zero-order valence-electron chi connectivity index (χ0n) is 8.36. The smallest absolute Gasteiger partial charge is 0.178 e. The molecular formula is C11H15NO2. The molecule has 76 valence electrons. The average molecular weight is 193 g/mol. The van der Waals surface area contributed by atoms with Gasteiger partial charge >= 0.3 is 0 Å². The number of hydrogen-bond donors (Lipinski definition) is 3. The minimum Gasteiger partial charge on any atom is -0.364 e. The summed E-state index contributed by atoms with van der Waals surface area (Å²) in [5.74, 6) is 0. The van der Waals surface area contributed by atoms with Crippen LogP contribution < -0.4 is 5.32 Å². The molecule has 1 heterocycles. The van der Waals surface area contributed by atoms with E-state index in [-0.39, 0.29) is 0 Å². The van der Waals surface area contributed by atoms with E-state index >= 15 is 0 Å². The SMILES string of the molecule is CC1NC(C)c2cc(C(O)O)ccc21. The van der Waals surface area contributed by atoms with Crippen molar-refractivity contribution in [2.75, 3.05) is 0 Å². The lowest BCUT2D eigenvalue weighted by Crippen LogP contribution is -2.11. The number of aliphatic hydroxyl groups excluding tert-OH is 1. The molecule has 0 saturated heterocycles. The van der Waals surface area contributed by atoms with Gasteiger partial charge in [0.05, 0.1) is 0 Å². The van der Waals surface area contributed by atoms with Crippen LogP contribution in [0.3, 0.4) is 0 Å². The molecule has 3 nitrogen and oxygen atoms in total. The number of aliphatic hydroxyl groups is 2. The van der Waals surface area contributed by atoms with Crippen molar-refractivity contribution in [1.82, 2.24) is 5.32 Å². The molecule has 3 heteroatoms. The molecule has 0 bridgehead atoms. The molecule has 1 aromatic carbocycles. The maximum atomic E-state index is 9.04. The Hall–Kier alpha value is -0.900. The minimum atomic E-state index is -1.37. The normalized spacial score (nSPS) is 25.5. The Morgan fingerprint density at radius 3 is 2.43 bits per heavy atom. The first-order chi connectivity index (χ1) is 6.59. The highest BCUT2D eigenvalue weighted by Crippen LogP contribution is 2.33. The van der Waals surface area contributed by atoms with Gasteiger partial charge in [0.15, 0.2) is 6.29 Å². The number of hydrogen-bond acceptors (Lipinski definition) is 3. The summed E-state index contributed by atoms with van der Waals surface area (Å²) >= 11 is 0. The van der Waals surface area contributed by atoms with Crippen LogP contribution in [-0.4, -0.2) is 10.2 Å². The van der Waals surface area contributed by atoms with Gasteiger partial charge in [-0.2, -0.15) is 0 Å². The van der Waals surface area contributed by atoms with Gasteiger partial charge in [-0.1, -0.05) is 12.1 Å². The summed E-state index contributed by atoms with van der Waals surface area (Å²) in [6.07, 6.45) is -1.37. The van der Waals surface area contributed by atoms with Crippen LogP contribution in [0.4, 0.5) is 0 Å². The van der Waals surface area contributed by atoms with E-state index in [9.17, 15) is 0 Å². The molecule has 1 aliphatic heterocycles. The molecule has 0 aliphatic carbocycles. The van der Waals surface area contributed by atoms with Crippen LogP contribution in [0.5, 0.6) is 0 Å². The number of rotatable bonds is 1. The Kier molecular flexibility index (Phi) is 2.31. The first-order valence-electron chi connectivity index (χ1n) is 4.85. The lowest BCUT2D eigenvalue weighted by atomic mass is 10.00. The molecule has 1 aromatic rings. The zero-order chi connectivity index (χ0) is 10.3. The summed E-state index contributed by atoms with van der Waals surface area (Å²) in [5.41, 5.74) is 2.98. The van der Waals surface area contributed by atoms with Crippen LogP contribution in [0, 0.1) is 0 Å². The Morgan fingerprint density at radius 2 is 1.79 bits per heavy atom. The Morgan fingerprint density at radius 1 is 1.14 bits per heavy atom. The molecule has 0 radical (unpaired) electrons. The van der Waals surface area contributed by atoms with E-state index in [1.165, 1.54) is 11.1 Å². The van der Waals surface area contributed by atoms with Crippen LogP contribution in [0.1, 0.15) is 48.9 Å². The van der Waals surface area contributed by atoms with Crippen molar-refractivity contribution in [2.24, 2.45) is 0 Å². The fourth-order valence-corrected chi connectivity index (χ4v) is 2.08. The minimum absolute atomic E-state index is 0.290. The van der Waals surface area contributed by atoms with E-state index in [4.69, 9.17) is 10.2 Å². The first-order valence-corrected chi connectivity index (χ1v) is 4.85. The maximum Gasteiger partial charge on any atom is 0.178 e. The van der Waals surface area contributed by atoms with E-state index in [1.54, 1.807) is 6.07 Å². The van der Waals surface area contributed by atoms with Crippen LogP contribution in [0.2, 0.25) is 0 Å². The monoisotopic (exact) mass is 193 g/mol. The number of fused-ring (bicyclic) bond motifs is 1. The maximum absolute atomic E-state index is 9.04. The third-order valence-corrected chi connectivity index (χ3v) is 2.84. The Bertz CT molecular complexity index is 349. The second-order valence-corrected chi connectivity index (χ2v) is 3.87. The second kappa shape index (κ2) is 3.35. The fraction of sp³-hybridized carbons (Fsp3) is 0.455. The highest BCUT2D eigenvalue weighted by atomic mass is 16.5. The summed E-state index contributed by atoms with van der Waals surface area (Å²) in [6, 6.07) is 6.23. The van der Waals surface area contributed by atoms with Gasteiger partial charge in [0.1, 0.15) is 0 Å². The highest BCUT2D eigenvalue weighted by Gasteiger charge is 2.24. The third-order valence-electron chi connectivity index (χ3n) is 2.84. The largest absolute Gasteiger partial charge is 0.364 e. The molecule has 3 N–H and O–H groups in total. The van der Waals surface area contributed by atoms with Gasteiger partial charge in [0.25, 0.3) is 0 Å². The summed E-state index contributed by atoms with van der Waals surface area (Å²) in [6.45, 7) is 4.19. The van der Waals surface area contributed by atoms with Crippen LogP contribution >= 0.6 is 0 Å². The molecule has 0 spiro atoms. The number of benzene rings is 1. The van der Waals surface area contributed by atoms with Gasteiger partial charge in [-0.25, -0.2) is 0 Å². The van der Waals surface area contributed by atoms with E-state index in [1.807, 2.05) is 12.1 Å². The zero-order valence-corrected chi connectivity index (χ0v) is 8.36. The van der Waals surface area contributed by atoms with Crippen molar-refractivity contribution in [3.8, 4) is 0 Å². The van der Waals surface area contributed by atoms with Crippen molar-refractivity contribution in [1.29, 1.82) is 0 Å². The van der Waals surface area contributed by atoms with E-state index in [2.05, 4.69) is 19.2 Å². The van der Waals surface area contributed by atoms with Gasteiger partial charge < -0.3 is 15.5 Å². The Balaban J connectivity index is 2.45. The summed E-state index contributed by atoms with van der Waals surface area (Å²) < 4.78 is 0. The molecular weight excluding hydrogens is 178 g/mol. The highest BCUT2D eigenvalue weighted by molar-refractivity contribution is 5.39. The molecule has 0 amide bonds. The second-order valence-electron chi connectivity index (χ2n) is 3.87. The molecule has 0 fully saturated rings. The van der Waals surface area contributed by atoms with E-state index in [0.717, 1.165) is 0 Å². The Labute approximate surface area is 83.4 Å². The molecule has 2 atom stereocenters. The predicted octanol–water partition coefficient (Wildman–Crippen LogP) is 1.39. The average Bonchev–Trinajstić information content (AvgIpc) is 2.42. The standard InChI is InChI=1S/C11H15NO2/c1-6-9-4-3-8(11(13)14)5-10(9)7(2)12-6/h3-7,11-14H,1-2H3. The third kappa shape index (κ3) is 1.43. The fourth-order valence-electron chi connectivity index (χ4n) is 2.08. The lowest BCUT2D eigenvalue weighted by Gasteiger charge is -2.08. The summed E-state index contributed by atoms with van der Waals surface area (Å²) in [4.78, 5) is 0. The van der Waals surface area contributed by atoms with Crippen LogP contribution in [0.25, 0.3) is 0 Å². The quantitative estimate of drug-likeness (QED) is 0.591. The molecule has 1 aliphatic rings. The molecule has 2 unspecified atom stereocenters. The molecule has 0 saturated carbocycles. The molecule has 0 aromatic heterocycles. The predicted molar refractivity (Wildman–Crippen MR) is 53.6 cm³/mol.